The summed E-state index contributed by atoms with van der Waals surface area (Å²) in [5.74, 6) is 1.17. The predicted molar refractivity (Wildman–Crippen MR) is 142 cm³/mol. The molecule has 2 aliphatic rings. The first-order chi connectivity index (χ1) is 17.8. The minimum absolute atomic E-state index is 0.0581. The second-order valence-electron chi connectivity index (χ2n) is 11.6. The van der Waals surface area contributed by atoms with E-state index in [4.69, 9.17) is 0 Å². The molecular formula is C29H36N6O2. The van der Waals surface area contributed by atoms with Crippen molar-refractivity contribution in [2.24, 2.45) is 17.3 Å². The number of H-pyrrole nitrogens is 1. The highest BCUT2D eigenvalue weighted by Gasteiger charge is 2.47. The highest BCUT2D eigenvalue weighted by atomic mass is 16.2. The van der Waals surface area contributed by atoms with Crippen LogP contribution >= 0.6 is 0 Å². The van der Waals surface area contributed by atoms with Crippen LogP contribution in [0.25, 0.3) is 0 Å². The summed E-state index contributed by atoms with van der Waals surface area (Å²) >= 11 is 0. The Morgan fingerprint density at radius 3 is 2.32 bits per heavy atom. The third-order valence-electron chi connectivity index (χ3n) is 8.12. The van der Waals surface area contributed by atoms with Gasteiger partial charge in [0.1, 0.15) is 0 Å². The van der Waals surface area contributed by atoms with Gasteiger partial charge in [-0.3, -0.25) is 14.9 Å². The van der Waals surface area contributed by atoms with E-state index in [0.717, 1.165) is 37.7 Å². The van der Waals surface area contributed by atoms with E-state index in [1.807, 2.05) is 18.2 Å². The molecule has 2 aliphatic carbocycles. The van der Waals surface area contributed by atoms with Crippen LogP contribution in [0, 0.1) is 17.3 Å². The molecule has 2 saturated carbocycles. The van der Waals surface area contributed by atoms with E-state index in [-0.39, 0.29) is 29.7 Å². The van der Waals surface area contributed by atoms with Gasteiger partial charge in [0.05, 0.1) is 0 Å². The SMILES string of the molecule is CC(C)(C)C1CCC(N(Cc2ccc(C(=O)Nc3nn[nH]n3)cc2)C(=O)C2CC2c2ccccc2)CC1. The van der Waals surface area contributed by atoms with Crippen molar-refractivity contribution in [3.8, 4) is 0 Å². The fourth-order valence-electron chi connectivity index (χ4n) is 5.74. The monoisotopic (exact) mass is 500 g/mol. The van der Waals surface area contributed by atoms with Gasteiger partial charge >= 0.3 is 0 Å². The molecule has 2 aromatic carbocycles. The fourth-order valence-corrected chi connectivity index (χ4v) is 5.74. The van der Waals surface area contributed by atoms with Crippen LogP contribution in [0.1, 0.15) is 80.3 Å². The number of hydrogen-bond donors (Lipinski definition) is 2. The molecule has 8 nitrogen and oxygen atoms in total. The Hall–Kier alpha value is -3.55. The minimum Gasteiger partial charge on any atom is -0.335 e. The van der Waals surface area contributed by atoms with Gasteiger partial charge < -0.3 is 4.90 Å². The summed E-state index contributed by atoms with van der Waals surface area (Å²) in [6, 6.07) is 18.1. The molecule has 37 heavy (non-hydrogen) atoms. The summed E-state index contributed by atoms with van der Waals surface area (Å²) < 4.78 is 0. The Bertz CT molecular complexity index is 1200. The quantitative estimate of drug-likeness (QED) is 0.465. The molecule has 1 heterocycles. The van der Waals surface area contributed by atoms with Crippen molar-refractivity contribution in [1.29, 1.82) is 0 Å². The molecule has 2 N–H and O–H groups in total. The summed E-state index contributed by atoms with van der Waals surface area (Å²) in [7, 11) is 0. The number of benzene rings is 2. The molecule has 1 aromatic heterocycles. The second-order valence-corrected chi connectivity index (χ2v) is 11.6. The first-order valence-electron chi connectivity index (χ1n) is 13.3. The predicted octanol–water partition coefficient (Wildman–Crippen LogP) is 5.19. The van der Waals surface area contributed by atoms with Gasteiger partial charge in [-0.25, -0.2) is 0 Å². The van der Waals surface area contributed by atoms with E-state index in [2.05, 4.69) is 75.9 Å². The van der Waals surface area contributed by atoms with Crippen LogP contribution in [-0.4, -0.2) is 43.4 Å². The zero-order chi connectivity index (χ0) is 26.0. The summed E-state index contributed by atoms with van der Waals surface area (Å²) in [6.45, 7) is 7.54. The van der Waals surface area contributed by atoms with Crippen LogP contribution in [-0.2, 0) is 11.3 Å². The van der Waals surface area contributed by atoms with Gasteiger partial charge in [0.2, 0.25) is 5.91 Å². The topological polar surface area (TPSA) is 104 Å². The number of aromatic amines is 1. The van der Waals surface area contributed by atoms with Gasteiger partial charge in [0, 0.05) is 24.1 Å². The average molecular weight is 501 g/mol. The maximum atomic E-state index is 13.9. The molecule has 2 atom stereocenters. The summed E-state index contributed by atoms with van der Waals surface area (Å²) in [6.07, 6.45) is 5.31. The maximum absolute atomic E-state index is 13.9. The molecule has 0 saturated heterocycles. The Morgan fingerprint density at radius 2 is 1.70 bits per heavy atom. The van der Waals surface area contributed by atoms with Crippen molar-refractivity contribution in [3.63, 3.8) is 0 Å². The summed E-state index contributed by atoms with van der Waals surface area (Å²) in [5, 5.41) is 15.9. The van der Waals surface area contributed by atoms with E-state index >= 15 is 0 Å². The molecular weight excluding hydrogens is 464 g/mol. The van der Waals surface area contributed by atoms with Gasteiger partial charge in [-0.15, -0.1) is 5.10 Å². The number of carbonyl (C=O) groups is 2. The number of amides is 2. The molecule has 194 valence electrons. The Kier molecular flexibility index (Phi) is 7.09. The molecule has 8 heteroatoms. The summed E-state index contributed by atoms with van der Waals surface area (Å²) in [4.78, 5) is 28.5. The first kappa shape index (κ1) is 25.1. The molecule has 2 fully saturated rings. The van der Waals surface area contributed by atoms with Crippen LogP contribution in [0.3, 0.4) is 0 Å². The van der Waals surface area contributed by atoms with Crippen LogP contribution in [0.5, 0.6) is 0 Å². The fraction of sp³-hybridized carbons (Fsp3) is 0.483. The van der Waals surface area contributed by atoms with Crippen molar-refractivity contribution >= 4 is 17.8 Å². The van der Waals surface area contributed by atoms with E-state index in [1.165, 1.54) is 5.56 Å². The molecule has 0 spiro atoms. The highest BCUT2D eigenvalue weighted by molar-refractivity contribution is 6.03. The maximum Gasteiger partial charge on any atom is 0.270 e. The molecule has 5 rings (SSSR count). The number of carbonyl (C=O) groups excluding carboxylic acids is 2. The van der Waals surface area contributed by atoms with Crippen molar-refractivity contribution in [3.05, 3.63) is 71.3 Å². The van der Waals surface area contributed by atoms with Gasteiger partial charge in [-0.2, -0.15) is 5.21 Å². The van der Waals surface area contributed by atoms with Crippen molar-refractivity contribution in [1.82, 2.24) is 25.5 Å². The lowest BCUT2D eigenvalue weighted by molar-refractivity contribution is -0.137. The average Bonchev–Trinajstić information content (AvgIpc) is 3.55. The third-order valence-corrected chi connectivity index (χ3v) is 8.12. The lowest BCUT2D eigenvalue weighted by Gasteiger charge is -2.41. The standard InChI is InChI=1S/C29H36N6O2/c1-29(2,3)22-13-15-23(16-14-22)35(27(37)25-17-24(25)20-7-5-4-6-8-20)18-19-9-11-21(12-10-19)26(36)30-28-31-33-34-32-28/h4-12,22-25H,13-18H2,1-3H3,(H2,30,31,32,33,34,36). The van der Waals surface area contributed by atoms with Crippen LogP contribution in [0.2, 0.25) is 0 Å². The van der Waals surface area contributed by atoms with E-state index in [0.29, 0.717) is 29.4 Å². The summed E-state index contributed by atoms with van der Waals surface area (Å²) in [5.41, 5.74) is 3.09. The number of anilines is 1. The molecule has 0 aliphatic heterocycles. The lowest BCUT2D eigenvalue weighted by Crippen LogP contribution is -2.44. The number of tetrazole rings is 1. The normalized spacial score (nSPS) is 23.3. The second kappa shape index (κ2) is 10.4. The molecule has 0 radical (unpaired) electrons. The number of nitrogens with one attached hydrogen (secondary N) is 2. The van der Waals surface area contributed by atoms with Crippen LogP contribution < -0.4 is 5.32 Å². The smallest absolute Gasteiger partial charge is 0.270 e. The Balaban J connectivity index is 1.29. The van der Waals surface area contributed by atoms with Crippen molar-refractivity contribution in [2.45, 2.75) is 71.4 Å². The van der Waals surface area contributed by atoms with Crippen LogP contribution in [0.4, 0.5) is 5.95 Å². The Morgan fingerprint density at radius 1 is 1.00 bits per heavy atom. The molecule has 2 unspecified atom stereocenters. The van der Waals surface area contributed by atoms with Crippen molar-refractivity contribution < 1.29 is 9.59 Å². The first-order valence-corrected chi connectivity index (χ1v) is 13.3. The largest absolute Gasteiger partial charge is 0.335 e. The number of hydrogen-bond acceptors (Lipinski definition) is 5. The van der Waals surface area contributed by atoms with Gasteiger partial charge in [-0.05, 0) is 77.8 Å². The highest BCUT2D eigenvalue weighted by Crippen LogP contribution is 2.49. The minimum atomic E-state index is -0.301. The molecule has 3 aromatic rings. The Labute approximate surface area is 218 Å². The number of aromatic nitrogens is 4. The van der Waals surface area contributed by atoms with Gasteiger partial charge in [-0.1, -0.05) is 68.3 Å². The molecule has 0 bridgehead atoms. The third kappa shape index (κ3) is 5.89. The number of nitrogens with zero attached hydrogens (tertiary/aromatic N) is 4. The lowest BCUT2D eigenvalue weighted by atomic mass is 9.71. The van der Waals surface area contributed by atoms with Crippen molar-refractivity contribution in [2.75, 3.05) is 5.32 Å². The molecule has 2 amide bonds. The van der Waals surface area contributed by atoms with Gasteiger partial charge in [0.25, 0.3) is 11.9 Å². The van der Waals surface area contributed by atoms with E-state index in [1.54, 1.807) is 12.1 Å². The van der Waals surface area contributed by atoms with Crippen LogP contribution in [0.15, 0.2) is 54.6 Å². The van der Waals surface area contributed by atoms with Gasteiger partial charge in [0.15, 0.2) is 0 Å². The zero-order valence-electron chi connectivity index (χ0n) is 21.9. The number of rotatable bonds is 7. The van der Waals surface area contributed by atoms with E-state index in [9.17, 15) is 9.59 Å². The van der Waals surface area contributed by atoms with E-state index < -0.39 is 0 Å². The zero-order valence-corrected chi connectivity index (χ0v) is 21.9.